The normalized spacial score (nSPS) is 16.9. The molecule has 0 aromatic heterocycles. The lowest BCUT2D eigenvalue weighted by Gasteiger charge is -2.12. The van der Waals surface area contributed by atoms with Gasteiger partial charge in [0.05, 0.1) is 23.3 Å². The van der Waals surface area contributed by atoms with Gasteiger partial charge >= 0.3 is 5.97 Å². The highest BCUT2D eigenvalue weighted by molar-refractivity contribution is 8.18. The van der Waals surface area contributed by atoms with Gasteiger partial charge in [-0.15, -0.1) is 0 Å². The lowest BCUT2D eigenvalue weighted by Crippen LogP contribution is -2.28. The van der Waals surface area contributed by atoms with Gasteiger partial charge in [0.15, 0.2) is 5.17 Å². The molecule has 3 rings (SSSR count). The average molecular weight is 435 g/mol. The molecule has 0 N–H and O–H groups in total. The molecule has 1 fully saturated rings. The maximum absolute atomic E-state index is 12.7. The molecule has 2 aromatic carbocycles. The molecule has 28 heavy (non-hydrogen) atoms. The number of carbonyl (C=O) groups excluding carboxylic acids is 2. The van der Waals surface area contributed by atoms with E-state index in [0.29, 0.717) is 43.5 Å². The van der Waals surface area contributed by atoms with Crippen LogP contribution in [0.1, 0.15) is 22.8 Å². The molecule has 0 aliphatic carbocycles. The molecule has 5 nitrogen and oxygen atoms in total. The first-order valence-electron chi connectivity index (χ1n) is 8.36. The summed E-state index contributed by atoms with van der Waals surface area (Å²) in [7, 11) is 1.33. The average Bonchev–Trinajstić information content (AvgIpc) is 2.98. The number of halogens is 2. The van der Waals surface area contributed by atoms with E-state index in [1.807, 2.05) is 6.92 Å². The quantitative estimate of drug-likeness (QED) is 0.477. The van der Waals surface area contributed by atoms with Crippen molar-refractivity contribution in [1.29, 1.82) is 0 Å². The Balaban J connectivity index is 1.90. The fourth-order valence-corrected chi connectivity index (χ4v) is 4.05. The fourth-order valence-electron chi connectivity index (χ4n) is 2.53. The number of ether oxygens (including phenoxy) is 1. The van der Waals surface area contributed by atoms with Gasteiger partial charge in [-0.05, 0) is 66.7 Å². The topological polar surface area (TPSA) is 59.0 Å². The number of rotatable bonds is 4. The third kappa shape index (κ3) is 4.41. The third-order valence-corrected chi connectivity index (χ3v) is 5.54. The Bertz CT molecular complexity index is 987. The van der Waals surface area contributed by atoms with Crippen molar-refractivity contribution in [3.63, 3.8) is 0 Å². The third-order valence-electron chi connectivity index (χ3n) is 3.97. The highest BCUT2D eigenvalue weighted by atomic mass is 35.5. The number of methoxy groups -OCH3 is 1. The van der Waals surface area contributed by atoms with Crippen molar-refractivity contribution < 1.29 is 14.3 Å². The van der Waals surface area contributed by atoms with Crippen LogP contribution in [-0.4, -0.2) is 35.6 Å². The van der Waals surface area contributed by atoms with Gasteiger partial charge in [0.2, 0.25) is 0 Å². The first kappa shape index (κ1) is 20.5. The summed E-state index contributed by atoms with van der Waals surface area (Å²) in [5.41, 5.74) is 1.78. The van der Waals surface area contributed by atoms with Gasteiger partial charge in [0.25, 0.3) is 5.91 Å². The van der Waals surface area contributed by atoms with Crippen molar-refractivity contribution in [1.82, 2.24) is 4.90 Å². The van der Waals surface area contributed by atoms with Crippen LogP contribution in [-0.2, 0) is 9.53 Å². The van der Waals surface area contributed by atoms with Crippen LogP contribution in [0, 0.1) is 0 Å². The van der Waals surface area contributed by atoms with Gasteiger partial charge in [-0.1, -0.05) is 29.3 Å². The number of carbonyl (C=O) groups is 2. The number of likely N-dealkylation sites (N-methyl/N-ethyl adjacent to an activating group) is 1. The predicted octanol–water partition coefficient (Wildman–Crippen LogP) is 5.40. The number of amidine groups is 1. The molecular formula is C20H16Cl2N2O3S. The van der Waals surface area contributed by atoms with Crippen LogP contribution < -0.4 is 0 Å². The van der Waals surface area contributed by atoms with E-state index < -0.39 is 5.97 Å². The number of nitrogens with zero attached hydrogens (tertiary/aromatic N) is 2. The minimum absolute atomic E-state index is 0.136. The molecule has 0 saturated carbocycles. The van der Waals surface area contributed by atoms with Crippen molar-refractivity contribution in [2.45, 2.75) is 6.92 Å². The maximum Gasteiger partial charge on any atom is 0.337 e. The Labute approximate surface area is 177 Å². The Kier molecular flexibility index (Phi) is 6.44. The molecular weight excluding hydrogens is 419 g/mol. The van der Waals surface area contributed by atoms with Crippen molar-refractivity contribution in [3.05, 3.63) is 68.5 Å². The highest BCUT2D eigenvalue weighted by Crippen LogP contribution is 2.35. The summed E-state index contributed by atoms with van der Waals surface area (Å²) in [6.45, 7) is 2.36. The van der Waals surface area contributed by atoms with Gasteiger partial charge in [-0.25, -0.2) is 9.79 Å². The molecule has 2 aromatic rings. The Morgan fingerprint density at radius 1 is 1.21 bits per heavy atom. The van der Waals surface area contributed by atoms with E-state index in [1.54, 1.807) is 53.4 Å². The Hall–Kier alpha value is -2.28. The van der Waals surface area contributed by atoms with Crippen molar-refractivity contribution in [2.24, 2.45) is 4.99 Å². The largest absolute Gasteiger partial charge is 0.465 e. The van der Waals surface area contributed by atoms with E-state index >= 15 is 0 Å². The molecule has 1 aliphatic rings. The summed E-state index contributed by atoms with van der Waals surface area (Å²) >= 11 is 13.4. The Morgan fingerprint density at radius 3 is 2.54 bits per heavy atom. The SMILES string of the molecule is CCN1C(=O)/C(=C/c2ccc(Cl)cc2Cl)SC1=Nc1ccc(C(=O)OC)cc1. The monoisotopic (exact) mass is 434 g/mol. The minimum atomic E-state index is -0.412. The standard InChI is InChI=1S/C20H16Cl2N2O3S/c1-3-24-18(25)17(10-13-4-7-14(21)11-16(13)22)28-20(24)23-15-8-5-12(6-9-15)19(26)27-2/h4-11H,3H2,1-2H3/b17-10-,23-20?. The van der Waals surface area contributed by atoms with Crippen molar-refractivity contribution in [2.75, 3.05) is 13.7 Å². The second-order valence-corrected chi connectivity index (χ2v) is 7.61. The highest BCUT2D eigenvalue weighted by Gasteiger charge is 2.32. The number of aliphatic imine (C=N–C) groups is 1. The lowest BCUT2D eigenvalue weighted by atomic mass is 10.2. The van der Waals surface area contributed by atoms with E-state index in [1.165, 1.54) is 18.9 Å². The zero-order valence-electron chi connectivity index (χ0n) is 15.1. The molecule has 1 heterocycles. The van der Waals surface area contributed by atoms with E-state index in [2.05, 4.69) is 9.73 Å². The number of thioether (sulfide) groups is 1. The summed E-state index contributed by atoms with van der Waals surface area (Å²) in [5, 5.41) is 1.57. The van der Waals surface area contributed by atoms with E-state index in [4.69, 9.17) is 23.2 Å². The summed E-state index contributed by atoms with van der Waals surface area (Å²) in [4.78, 5) is 30.9. The molecule has 1 aliphatic heterocycles. The lowest BCUT2D eigenvalue weighted by molar-refractivity contribution is -0.122. The van der Waals surface area contributed by atoms with Gasteiger partial charge < -0.3 is 4.74 Å². The zero-order valence-corrected chi connectivity index (χ0v) is 17.4. The number of hydrogen-bond donors (Lipinski definition) is 0. The van der Waals surface area contributed by atoms with Crippen LogP contribution in [0.4, 0.5) is 5.69 Å². The molecule has 0 spiro atoms. The van der Waals surface area contributed by atoms with Crippen LogP contribution in [0.3, 0.4) is 0 Å². The molecule has 0 radical (unpaired) electrons. The minimum Gasteiger partial charge on any atom is -0.465 e. The molecule has 0 bridgehead atoms. The van der Waals surface area contributed by atoms with Crippen LogP contribution in [0.25, 0.3) is 6.08 Å². The number of benzene rings is 2. The summed E-state index contributed by atoms with van der Waals surface area (Å²) in [6.07, 6.45) is 1.73. The van der Waals surface area contributed by atoms with Gasteiger partial charge in [0.1, 0.15) is 0 Å². The van der Waals surface area contributed by atoms with Crippen LogP contribution in [0.15, 0.2) is 52.4 Å². The first-order valence-corrected chi connectivity index (χ1v) is 9.93. The van der Waals surface area contributed by atoms with Gasteiger partial charge in [-0.2, -0.15) is 0 Å². The molecule has 1 amide bonds. The van der Waals surface area contributed by atoms with E-state index in [-0.39, 0.29) is 5.91 Å². The molecule has 1 saturated heterocycles. The summed E-state index contributed by atoms with van der Waals surface area (Å²) in [6, 6.07) is 11.8. The Morgan fingerprint density at radius 2 is 1.93 bits per heavy atom. The van der Waals surface area contributed by atoms with Crippen LogP contribution >= 0.6 is 35.0 Å². The molecule has 144 valence electrons. The van der Waals surface area contributed by atoms with Gasteiger partial charge in [-0.3, -0.25) is 9.69 Å². The molecule has 0 atom stereocenters. The number of hydrogen-bond acceptors (Lipinski definition) is 5. The maximum atomic E-state index is 12.7. The molecule has 8 heteroatoms. The van der Waals surface area contributed by atoms with Gasteiger partial charge in [0, 0.05) is 16.6 Å². The van der Waals surface area contributed by atoms with Crippen LogP contribution in [0.5, 0.6) is 0 Å². The zero-order chi connectivity index (χ0) is 20.3. The summed E-state index contributed by atoms with van der Waals surface area (Å²) in [5.74, 6) is -0.548. The van der Waals surface area contributed by atoms with E-state index in [9.17, 15) is 9.59 Å². The number of amides is 1. The number of esters is 1. The van der Waals surface area contributed by atoms with Crippen molar-refractivity contribution >= 4 is 63.8 Å². The fraction of sp³-hybridized carbons (Fsp3) is 0.150. The van der Waals surface area contributed by atoms with E-state index in [0.717, 1.165) is 0 Å². The molecule has 0 unspecified atom stereocenters. The van der Waals surface area contributed by atoms with Crippen molar-refractivity contribution in [3.8, 4) is 0 Å². The second kappa shape index (κ2) is 8.82. The predicted molar refractivity (Wildman–Crippen MR) is 114 cm³/mol. The smallest absolute Gasteiger partial charge is 0.337 e. The second-order valence-electron chi connectivity index (χ2n) is 5.76. The van der Waals surface area contributed by atoms with Crippen LogP contribution in [0.2, 0.25) is 10.0 Å². The first-order chi connectivity index (χ1) is 13.4. The summed E-state index contributed by atoms with van der Waals surface area (Å²) < 4.78 is 4.69.